The van der Waals surface area contributed by atoms with Crippen molar-refractivity contribution in [1.82, 2.24) is 5.43 Å². The molecule has 1 aliphatic rings. The SMILES string of the molecule is Cc1cccc(C(=O)N/N=C2\CCCc3oc(C(=O)Nc4ccc(Cl)cc4)c(C)c32)c1. The largest absolute Gasteiger partial charge is 0.455 e. The monoisotopic (exact) mass is 435 g/mol. The Morgan fingerprint density at radius 2 is 1.81 bits per heavy atom. The van der Waals surface area contributed by atoms with Crippen molar-refractivity contribution in [2.45, 2.75) is 33.1 Å². The lowest BCUT2D eigenvalue weighted by atomic mass is 9.93. The van der Waals surface area contributed by atoms with Gasteiger partial charge in [0, 0.05) is 33.8 Å². The van der Waals surface area contributed by atoms with Gasteiger partial charge in [0.25, 0.3) is 11.8 Å². The maximum Gasteiger partial charge on any atom is 0.291 e. The number of hydrogen-bond donors (Lipinski definition) is 2. The average Bonchev–Trinajstić information content (AvgIpc) is 3.11. The molecule has 0 aliphatic heterocycles. The summed E-state index contributed by atoms with van der Waals surface area (Å²) >= 11 is 5.90. The number of furan rings is 1. The molecule has 0 radical (unpaired) electrons. The van der Waals surface area contributed by atoms with E-state index in [0.29, 0.717) is 39.7 Å². The number of carbonyl (C=O) groups is 2. The second-order valence-corrected chi connectivity index (χ2v) is 7.97. The first-order valence-corrected chi connectivity index (χ1v) is 10.4. The minimum Gasteiger partial charge on any atom is -0.455 e. The minimum absolute atomic E-state index is 0.250. The van der Waals surface area contributed by atoms with E-state index >= 15 is 0 Å². The van der Waals surface area contributed by atoms with Crippen LogP contribution in [0.1, 0.15) is 56.2 Å². The van der Waals surface area contributed by atoms with Crippen LogP contribution >= 0.6 is 11.6 Å². The van der Waals surface area contributed by atoms with Crippen molar-refractivity contribution < 1.29 is 14.0 Å². The molecule has 6 nitrogen and oxygen atoms in total. The summed E-state index contributed by atoms with van der Waals surface area (Å²) in [7, 11) is 0. The quantitative estimate of drug-likeness (QED) is 0.547. The van der Waals surface area contributed by atoms with Gasteiger partial charge >= 0.3 is 0 Å². The number of carbonyl (C=O) groups excluding carboxylic acids is 2. The van der Waals surface area contributed by atoms with Crippen LogP contribution in [0.2, 0.25) is 5.02 Å². The molecule has 3 aromatic rings. The Morgan fingerprint density at radius 1 is 1.03 bits per heavy atom. The number of aryl methyl sites for hydroxylation is 2. The first-order chi connectivity index (χ1) is 14.9. The molecule has 4 rings (SSSR count). The van der Waals surface area contributed by atoms with Crippen LogP contribution in [-0.4, -0.2) is 17.5 Å². The molecule has 0 saturated heterocycles. The summed E-state index contributed by atoms with van der Waals surface area (Å²) in [5.41, 5.74) is 7.05. The minimum atomic E-state index is -0.336. The predicted octanol–water partition coefficient (Wildman–Crippen LogP) is 5.27. The maximum absolute atomic E-state index is 12.8. The summed E-state index contributed by atoms with van der Waals surface area (Å²) in [6.07, 6.45) is 2.24. The number of fused-ring (bicyclic) bond motifs is 1. The number of rotatable bonds is 4. The van der Waals surface area contributed by atoms with Crippen molar-refractivity contribution in [3.05, 3.63) is 87.3 Å². The third kappa shape index (κ3) is 4.54. The van der Waals surface area contributed by atoms with Crippen LogP contribution < -0.4 is 10.7 Å². The zero-order chi connectivity index (χ0) is 22.0. The Bertz CT molecular complexity index is 1180. The summed E-state index contributed by atoms with van der Waals surface area (Å²) in [4.78, 5) is 25.2. The topological polar surface area (TPSA) is 83.7 Å². The fourth-order valence-corrected chi connectivity index (χ4v) is 3.81. The first kappa shape index (κ1) is 20.9. The normalized spacial score (nSPS) is 14.2. The van der Waals surface area contributed by atoms with Crippen molar-refractivity contribution in [3.63, 3.8) is 0 Å². The molecule has 158 valence electrons. The highest BCUT2D eigenvalue weighted by atomic mass is 35.5. The van der Waals surface area contributed by atoms with Gasteiger partial charge in [-0.15, -0.1) is 0 Å². The van der Waals surface area contributed by atoms with Gasteiger partial charge in [0.15, 0.2) is 5.76 Å². The van der Waals surface area contributed by atoms with E-state index in [1.54, 1.807) is 30.3 Å². The van der Waals surface area contributed by atoms with Crippen molar-refractivity contribution in [1.29, 1.82) is 0 Å². The van der Waals surface area contributed by atoms with Crippen LogP contribution in [0.15, 0.2) is 58.0 Å². The van der Waals surface area contributed by atoms with Crippen LogP contribution in [0.25, 0.3) is 0 Å². The third-order valence-corrected chi connectivity index (χ3v) is 5.46. The van der Waals surface area contributed by atoms with Gasteiger partial charge in [-0.3, -0.25) is 9.59 Å². The van der Waals surface area contributed by atoms with Gasteiger partial charge in [-0.25, -0.2) is 5.43 Å². The molecule has 31 heavy (non-hydrogen) atoms. The summed E-state index contributed by atoms with van der Waals surface area (Å²) in [5, 5.41) is 7.79. The number of anilines is 1. The number of halogens is 1. The highest BCUT2D eigenvalue weighted by molar-refractivity contribution is 6.30. The first-order valence-electron chi connectivity index (χ1n) is 10.1. The van der Waals surface area contributed by atoms with Crippen LogP contribution in [0, 0.1) is 13.8 Å². The van der Waals surface area contributed by atoms with Crippen LogP contribution in [0.3, 0.4) is 0 Å². The van der Waals surface area contributed by atoms with Gasteiger partial charge in [0.2, 0.25) is 0 Å². The van der Waals surface area contributed by atoms with E-state index in [1.807, 2.05) is 32.0 Å². The lowest BCUT2D eigenvalue weighted by Gasteiger charge is -2.13. The summed E-state index contributed by atoms with van der Waals surface area (Å²) in [6.45, 7) is 3.77. The Balaban J connectivity index is 1.56. The number of hydrogen-bond acceptors (Lipinski definition) is 4. The molecular formula is C24H22ClN3O3. The third-order valence-electron chi connectivity index (χ3n) is 5.21. The maximum atomic E-state index is 12.8. The Hall–Kier alpha value is -3.38. The molecule has 0 bridgehead atoms. The molecule has 2 N–H and O–H groups in total. The van der Waals surface area contributed by atoms with E-state index in [0.717, 1.165) is 24.0 Å². The summed E-state index contributed by atoms with van der Waals surface area (Å²) in [6, 6.07) is 14.2. The molecule has 1 aliphatic carbocycles. The standard InChI is InChI=1S/C24H22ClN3O3/c1-14-5-3-6-16(13-14)23(29)28-27-19-7-4-8-20-21(19)15(2)22(31-20)24(30)26-18-11-9-17(25)10-12-18/h3,5-6,9-13H,4,7-8H2,1-2H3,(H,26,30)(H,28,29)/b27-19+. The van der Waals surface area contributed by atoms with E-state index in [1.165, 1.54) is 0 Å². The van der Waals surface area contributed by atoms with Crippen LogP contribution in [-0.2, 0) is 6.42 Å². The Kier molecular flexibility index (Phi) is 5.91. The van der Waals surface area contributed by atoms with Gasteiger partial charge in [-0.05, 0) is 63.1 Å². The molecule has 0 spiro atoms. The fourth-order valence-electron chi connectivity index (χ4n) is 3.69. The molecule has 2 amide bonds. The number of nitrogens with zero attached hydrogens (tertiary/aromatic N) is 1. The Labute approximate surface area is 185 Å². The highest BCUT2D eigenvalue weighted by Crippen LogP contribution is 2.30. The molecule has 1 heterocycles. The molecule has 0 atom stereocenters. The number of benzene rings is 2. The summed E-state index contributed by atoms with van der Waals surface area (Å²) < 4.78 is 5.90. The van der Waals surface area contributed by atoms with E-state index in [4.69, 9.17) is 16.0 Å². The van der Waals surface area contributed by atoms with Crippen LogP contribution in [0.5, 0.6) is 0 Å². The van der Waals surface area contributed by atoms with Gasteiger partial charge in [0.1, 0.15) is 5.76 Å². The fraction of sp³-hybridized carbons (Fsp3) is 0.208. The van der Waals surface area contributed by atoms with Gasteiger partial charge in [0.05, 0.1) is 5.71 Å². The predicted molar refractivity (Wildman–Crippen MR) is 121 cm³/mol. The van der Waals surface area contributed by atoms with E-state index in [9.17, 15) is 9.59 Å². The zero-order valence-electron chi connectivity index (χ0n) is 17.3. The molecule has 0 fully saturated rings. The van der Waals surface area contributed by atoms with Crippen molar-refractivity contribution in [3.8, 4) is 0 Å². The number of nitrogens with one attached hydrogen (secondary N) is 2. The van der Waals surface area contributed by atoms with Gasteiger partial charge < -0.3 is 9.73 Å². The second-order valence-electron chi connectivity index (χ2n) is 7.54. The van der Waals surface area contributed by atoms with Gasteiger partial charge in [-0.1, -0.05) is 29.3 Å². The molecule has 2 aromatic carbocycles. The smallest absolute Gasteiger partial charge is 0.291 e. The molecule has 7 heteroatoms. The van der Waals surface area contributed by atoms with Crippen LogP contribution in [0.4, 0.5) is 5.69 Å². The van der Waals surface area contributed by atoms with Crippen molar-refractivity contribution >= 4 is 34.8 Å². The van der Waals surface area contributed by atoms with E-state index < -0.39 is 0 Å². The van der Waals surface area contributed by atoms with Crippen molar-refractivity contribution in [2.24, 2.45) is 5.10 Å². The number of amides is 2. The highest BCUT2D eigenvalue weighted by Gasteiger charge is 2.28. The molecule has 1 aromatic heterocycles. The average molecular weight is 436 g/mol. The lowest BCUT2D eigenvalue weighted by Crippen LogP contribution is -2.22. The molecular weight excluding hydrogens is 414 g/mol. The van der Waals surface area contributed by atoms with Crippen molar-refractivity contribution in [2.75, 3.05) is 5.32 Å². The van der Waals surface area contributed by atoms with E-state index in [-0.39, 0.29) is 17.6 Å². The Morgan fingerprint density at radius 3 is 2.55 bits per heavy atom. The lowest BCUT2D eigenvalue weighted by molar-refractivity contribution is 0.0953. The second kappa shape index (κ2) is 8.78. The van der Waals surface area contributed by atoms with Gasteiger partial charge in [-0.2, -0.15) is 5.10 Å². The summed E-state index contributed by atoms with van der Waals surface area (Å²) in [5.74, 6) is 0.357. The van der Waals surface area contributed by atoms with E-state index in [2.05, 4.69) is 15.8 Å². The molecule has 0 unspecified atom stereocenters. The molecule has 0 saturated carbocycles. The number of hydrazone groups is 1. The zero-order valence-corrected chi connectivity index (χ0v) is 18.0.